The normalized spacial score (nSPS) is 11.0. The number of carbonyl (C=O) groups is 1. The largest absolute Gasteiger partial charge is 0.481 e. The fourth-order valence-electron chi connectivity index (χ4n) is 2.50. The first-order valence-electron chi connectivity index (χ1n) is 6.76. The molecule has 1 heterocycles. The van der Waals surface area contributed by atoms with Crippen LogP contribution in [-0.2, 0) is 17.8 Å². The first kappa shape index (κ1) is 14.6. The predicted molar refractivity (Wildman–Crippen MR) is 83.8 cm³/mol. The van der Waals surface area contributed by atoms with E-state index in [4.69, 9.17) is 16.7 Å². The molecule has 0 spiro atoms. The molecule has 1 N–H and O–H groups in total. The number of aliphatic carboxylic acids is 1. The summed E-state index contributed by atoms with van der Waals surface area (Å²) < 4.78 is 15.3. The number of aromatic nitrogens is 1. The summed E-state index contributed by atoms with van der Waals surface area (Å²) in [5.41, 5.74) is 2.31. The van der Waals surface area contributed by atoms with Crippen LogP contribution in [0.3, 0.4) is 0 Å². The van der Waals surface area contributed by atoms with Gasteiger partial charge in [0.1, 0.15) is 5.82 Å². The molecule has 3 aromatic rings. The van der Waals surface area contributed by atoms with Crippen molar-refractivity contribution in [3.63, 3.8) is 0 Å². The second kappa shape index (κ2) is 5.81. The maximum Gasteiger partial charge on any atom is 0.307 e. The molecule has 0 saturated heterocycles. The van der Waals surface area contributed by atoms with Gasteiger partial charge in [-0.3, -0.25) is 4.79 Å². The summed E-state index contributed by atoms with van der Waals surface area (Å²) in [5, 5.41) is 10.4. The average Bonchev–Trinajstić information content (AvgIpc) is 2.85. The zero-order valence-electron chi connectivity index (χ0n) is 11.6. The number of nitrogens with zero attached hydrogens (tertiary/aromatic N) is 1. The van der Waals surface area contributed by atoms with Gasteiger partial charge in [-0.25, -0.2) is 4.39 Å². The van der Waals surface area contributed by atoms with Gasteiger partial charge in [0.15, 0.2) is 0 Å². The van der Waals surface area contributed by atoms with Gasteiger partial charge < -0.3 is 9.67 Å². The molecule has 112 valence electrons. The van der Waals surface area contributed by atoms with Gasteiger partial charge in [-0.1, -0.05) is 23.7 Å². The van der Waals surface area contributed by atoms with Crippen LogP contribution in [0, 0.1) is 5.82 Å². The lowest BCUT2D eigenvalue weighted by molar-refractivity contribution is -0.136. The highest BCUT2D eigenvalue weighted by Gasteiger charge is 2.08. The molecule has 22 heavy (non-hydrogen) atoms. The Morgan fingerprint density at radius 1 is 1.18 bits per heavy atom. The van der Waals surface area contributed by atoms with E-state index >= 15 is 0 Å². The fourth-order valence-corrected chi connectivity index (χ4v) is 2.68. The molecule has 3 nitrogen and oxygen atoms in total. The SMILES string of the molecule is O=C(O)Cc1ccc2ccn(Cc3cc(F)ccc3Cl)c2c1. The second-order valence-corrected chi connectivity index (χ2v) is 5.55. The first-order valence-corrected chi connectivity index (χ1v) is 7.14. The zero-order valence-corrected chi connectivity index (χ0v) is 12.3. The number of carboxylic acids is 1. The summed E-state index contributed by atoms with van der Waals surface area (Å²) >= 11 is 6.11. The summed E-state index contributed by atoms with van der Waals surface area (Å²) in [6, 6.07) is 11.7. The van der Waals surface area contributed by atoms with Crippen molar-refractivity contribution >= 4 is 28.5 Å². The quantitative estimate of drug-likeness (QED) is 0.787. The molecule has 0 aliphatic rings. The third kappa shape index (κ3) is 2.97. The highest BCUT2D eigenvalue weighted by molar-refractivity contribution is 6.31. The van der Waals surface area contributed by atoms with E-state index in [-0.39, 0.29) is 12.2 Å². The molecule has 0 unspecified atom stereocenters. The van der Waals surface area contributed by atoms with Gasteiger partial charge >= 0.3 is 5.97 Å². The van der Waals surface area contributed by atoms with Crippen LogP contribution < -0.4 is 0 Å². The molecular formula is C17H13ClFNO2. The van der Waals surface area contributed by atoms with Gasteiger partial charge in [0.2, 0.25) is 0 Å². The van der Waals surface area contributed by atoms with E-state index in [1.165, 1.54) is 18.2 Å². The lowest BCUT2D eigenvalue weighted by atomic mass is 10.1. The van der Waals surface area contributed by atoms with Crippen molar-refractivity contribution in [2.75, 3.05) is 0 Å². The monoisotopic (exact) mass is 317 g/mol. The minimum atomic E-state index is -0.870. The summed E-state index contributed by atoms with van der Waals surface area (Å²) in [4.78, 5) is 10.8. The van der Waals surface area contributed by atoms with Crippen molar-refractivity contribution in [2.45, 2.75) is 13.0 Å². The highest BCUT2D eigenvalue weighted by atomic mass is 35.5. The number of hydrogen-bond acceptors (Lipinski definition) is 1. The summed E-state index contributed by atoms with van der Waals surface area (Å²) in [6.07, 6.45) is 1.86. The standard InChI is InChI=1S/C17H13ClFNO2/c18-15-4-3-14(19)9-13(15)10-20-6-5-12-2-1-11(7-16(12)20)8-17(21)22/h1-7,9H,8,10H2,(H,21,22). The first-order chi connectivity index (χ1) is 10.5. The van der Waals surface area contributed by atoms with Crippen LogP contribution in [0.4, 0.5) is 4.39 Å². The highest BCUT2D eigenvalue weighted by Crippen LogP contribution is 2.23. The van der Waals surface area contributed by atoms with E-state index in [1.807, 2.05) is 29.0 Å². The van der Waals surface area contributed by atoms with Crippen LogP contribution >= 0.6 is 11.6 Å². The van der Waals surface area contributed by atoms with Crippen molar-refractivity contribution in [2.24, 2.45) is 0 Å². The third-order valence-corrected chi connectivity index (χ3v) is 3.91. The molecule has 1 aromatic heterocycles. The van der Waals surface area contributed by atoms with E-state index in [0.29, 0.717) is 17.1 Å². The molecule has 0 bridgehead atoms. The van der Waals surface area contributed by atoms with Gasteiger partial charge in [-0.15, -0.1) is 0 Å². The van der Waals surface area contributed by atoms with Crippen molar-refractivity contribution < 1.29 is 14.3 Å². The van der Waals surface area contributed by atoms with Crippen LogP contribution in [0.1, 0.15) is 11.1 Å². The van der Waals surface area contributed by atoms with Crippen molar-refractivity contribution in [1.82, 2.24) is 4.57 Å². The predicted octanol–water partition coefficient (Wildman–Crippen LogP) is 4.11. The smallest absolute Gasteiger partial charge is 0.307 e. The molecule has 0 atom stereocenters. The lowest BCUT2D eigenvalue weighted by Gasteiger charge is -2.09. The topological polar surface area (TPSA) is 42.2 Å². The molecular weight excluding hydrogens is 305 g/mol. The van der Waals surface area contributed by atoms with Crippen LogP contribution in [0.2, 0.25) is 5.02 Å². The van der Waals surface area contributed by atoms with Gasteiger partial charge in [0, 0.05) is 23.3 Å². The molecule has 0 amide bonds. The van der Waals surface area contributed by atoms with Gasteiger partial charge in [-0.05, 0) is 46.8 Å². The van der Waals surface area contributed by atoms with E-state index < -0.39 is 5.97 Å². The van der Waals surface area contributed by atoms with E-state index in [9.17, 15) is 9.18 Å². The van der Waals surface area contributed by atoms with Crippen LogP contribution in [0.15, 0.2) is 48.7 Å². The third-order valence-electron chi connectivity index (χ3n) is 3.54. The molecule has 0 fully saturated rings. The van der Waals surface area contributed by atoms with Crippen LogP contribution in [0.25, 0.3) is 10.9 Å². The number of halogens is 2. The van der Waals surface area contributed by atoms with Crippen molar-refractivity contribution in [1.29, 1.82) is 0 Å². The van der Waals surface area contributed by atoms with E-state index in [1.54, 1.807) is 6.07 Å². The molecule has 3 rings (SSSR count). The maximum atomic E-state index is 13.4. The van der Waals surface area contributed by atoms with Crippen molar-refractivity contribution in [3.05, 3.63) is 70.6 Å². The molecule has 0 aliphatic carbocycles. The Kier molecular flexibility index (Phi) is 3.86. The van der Waals surface area contributed by atoms with E-state index in [0.717, 1.165) is 16.5 Å². The average molecular weight is 318 g/mol. The number of fused-ring (bicyclic) bond motifs is 1. The van der Waals surface area contributed by atoms with Crippen LogP contribution in [-0.4, -0.2) is 15.6 Å². The Balaban J connectivity index is 1.99. The number of rotatable bonds is 4. The maximum absolute atomic E-state index is 13.4. The lowest BCUT2D eigenvalue weighted by Crippen LogP contribution is -2.02. The minimum Gasteiger partial charge on any atom is -0.481 e. The Morgan fingerprint density at radius 3 is 2.77 bits per heavy atom. The summed E-state index contributed by atoms with van der Waals surface area (Å²) in [7, 11) is 0. The zero-order chi connectivity index (χ0) is 15.7. The summed E-state index contributed by atoms with van der Waals surface area (Å²) in [6.45, 7) is 0.427. The molecule has 2 aromatic carbocycles. The number of carboxylic acid groups (broad SMARTS) is 1. The fraction of sp³-hybridized carbons (Fsp3) is 0.118. The van der Waals surface area contributed by atoms with Gasteiger partial charge in [0.25, 0.3) is 0 Å². The second-order valence-electron chi connectivity index (χ2n) is 5.14. The Labute approximate surface area is 131 Å². The van der Waals surface area contributed by atoms with Gasteiger partial charge in [0.05, 0.1) is 6.42 Å². The number of benzene rings is 2. The molecule has 0 aliphatic heterocycles. The number of hydrogen-bond donors (Lipinski definition) is 1. The minimum absolute atomic E-state index is 0.0260. The van der Waals surface area contributed by atoms with Crippen LogP contribution in [0.5, 0.6) is 0 Å². The van der Waals surface area contributed by atoms with Gasteiger partial charge in [-0.2, -0.15) is 0 Å². The molecule has 0 saturated carbocycles. The summed E-state index contributed by atoms with van der Waals surface area (Å²) in [5.74, 6) is -1.20. The molecule has 5 heteroatoms. The Hall–Kier alpha value is -2.33. The van der Waals surface area contributed by atoms with Crippen molar-refractivity contribution in [3.8, 4) is 0 Å². The Morgan fingerprint density at radius 2 is 2.00 bits per heavy atom. The Bertz CT molecular complexity index is 857. The van der Waals surface area contributed by atoms with E-state index in [2.05, 4.69) is 0 Å². The molecule has 0 radical (unpaired) electrons.